The molecule has 4 aromatic rings. The largest absolute Gasteiger partial charge is 0.386 e. The van der Waals surface area contributed by atoms with E-state index in [0.717, 1.165) is 17.5 Å². The molecule has 1 aliphatic carbocycles. The summed E-state index contributed by atoms with van der Waals surface area (Å²) in [7, 11) is -0.672. The van der Waals surface area contributed by atoms with E-state index in [1.54, 1.807) is 0 Å². The molecule has 0 fully saturated rings. The molecule has 0 amide bonds. The molecule has 180 valence electrons. The van der Waals surface area contributed by atoms with Crippen LogP contribution < -0.4 is 15.9 Å². The first-order valence-corrected chi connectivity index (χ1v) is 13.9. The summed E-state index contributed by atoms with van der Waals surface area (Å²) in [6, 6.07) is 41.8. The Morgan fingerprint density at radius 3 is 1.67 bits per heavy atom. The van der Waals surface area contributed by atoms with Crippen LogP contribution in [0.25, 0.3) is 0 Å². The predicted molar refractivity (Wildman–Crippen MR) is 153 cm³/mol. The average molecular weight is 490 g/mol. The van der Waals surface area contributed by atoms with Gasteiger partial charge in [0.15, 0.2) is 0 Å². The minimum Gasteiger partial charge on any atom is -0.386 e. The van der Waals surface area contributed by atoms with E-state index in [1.807, 2.05) is 48.5 Å². The van der Waals surface area contributed by atoms with Crippen molar-refractivity contribution in [1.29, 1.82) is 0 Å². The van der Waals surface area contributed by atoms with Gasteiger partial charge in [0, 0.05) is 6.04 Å². The van der Waals surface area contributed by atoms with Gasteiger partial charge in [-0.05, 0) is 53.9 Å². The van der Waals surface area contributed by atoms with Crippen molar-refractivity contribution in [3.05, 3.63) is 155 Å². The molecule has 0 radical (unpaired) electrons. The Morgan fingerprint density at radius 2 is 1.14 bits per heavy atom. The van der Waals surface area contributed by atoms with Gasteiger partial charge in [-0.15, -0.1) is 0 Å². The molecule has 0 spiro atoms. The van der Waals surface area contributed by atoms with Crippen LogP contribution in [-0.4, -0.2) is 11.1 Å². The summed E-state index contributed by atoms with van der Waals surface area (Å²) in [5.41, 5.74) is 3.40. The lowest BCUT2D eigenvalue weighted by Crippen LogP contribution is -2.35. The molecule has 4 aromatic carbocycles. The van der Waals surface area contributed by atoms with Crippen molar-refractivity contribution >= 4 is 18.5 Å². The van der Waals surface area contributed by atoms with E-state index >= 15 is 0 Å². The van der Waals surface area contributed by atoms with Gasteiger partial charge in [0.2, 0.25) is 0 Å². The van der Waals surface area contributed by atoms with E-state index in [-0.39, 0.29) is 12.1 Å². The number of rotatable bonds is 9. The summed E-state index contributed by atoms with van der Waals surface area (Å²) in [5.74, 6) is 0. The second-order valence-corrected chi connectivity index (χ2v) is 11.3. The van der Waals surface area contributed by atoms with Gasteiger partial charge in [0.1, 0.15) is 0 Å². The Kier molecular flexibility index (Phi) is 7.88. The molecule has 2 nitrogen and oxygen atoms in total. The molecule has 0 unspecified atom stereocenters. The number of allylic oxidation sites excluding steroid dienone is 3. The highest BCUT2D eigenvalue weighted by atomic mass is 31.1. The number of aliphatic hydroxyl groups excluding tert-OH is 1. The number of aliphatic hydroxyl groups is 1. The lowest BCUT2D eigenvalue weighted by Gasteiger charge is -2.31. The third kappa shape index (κ3) is 5.42. The van der Waals surface area contributed by atoms with Crippen LogP contribution in [0.4, 0.5) is 0 Å². The van der Waals surface area contributed by atoms with Gasteiger partial charge in [0.05, 0.1) is 12.1 Å². The van der Waals surface area contributed by atoms with Crippen LogP contribution in [0.1, 0.15) is 36.6 Å². The maximum atomic E-state index is 11.5. The van der Waals surface area contributed by atoms with E-state index in [9.17, 15) is 5.11 Å². The fraction of sp³-hybridized carbons (Fsp3) is 0.152. The molecule has 0 saturated heterocycles. The lowest BCUT2D eigenvalue weighted by atomic mass is 9.94. The lowest BCUT2D eigenvalue weighted by molar-refractivity contribution is 0.125. The fourth-order valence-corrected chi connectivity index (χ4v) is 7.57. The van der Waals surface area contributed by atoms with Gasteiger partial charge in [-0.2, -0.15) is 0 Å². The highest BCUT2D eigenvalue weighted by Crippen LogP contribution is 2.49. The number of benzene rings is 4. The first kappa shape index (κ1) is 24.4. The van der Waals surface area contributed by atoms with Gasteiger partial charge in [-0.3, -0.25) is 0 Å². The summed E-state index contributed by atoms with van der Waals surface area (Å²) in [4.78, 5) is 0. The smallest absolute Gasteiger partial charge is 0.0984 e. The standard InChI is InChI=1S/C33H32NOP/c1-25(34-32(26-15-6-2-7-16-26)33(35)27-17-8-3-9-18-27)30-23-14-24-31(30)36(28-19-10-4-11-20-28)29-21-12-5-13-22-29/h2-22,24-25,32-35H,23H2,1H3/t25-,32+,33+/m1/s1. The first-order chi connectivity index (χ1) is 17.7. The van der Waals surface area contributed by atoms with Crippen molar-refractivity contribution in [3.8, 4) is 0 Å². The zero-order valence-corrected chi connectivity index (χ0v) is 21.4. The minimum atomic E-state index is -0.672. The molecule has 0 bridgehead atoms. The third-order valence-corrected chi connectivity index (χ3v) is 9.33. The van der Waals surface area contributed by atoms with Crippen LogP contribution in [0.2, 0.25) is 0 Å². The molecule has 0 heterocycles. The van der Waals surface area contributed by atoms with Crippen molar-refractivity contribution < 1.29 is 5.11 Å². The second-order valence-electron chi connectivity index (χ2n) is 9.16. The Morgan fingerprint density at radius 1 is 0.667 bits per heavy atom. The number of nitrogens with one attached hydrogen (secondary N) is 1. The van der Waals surface area contributed by atoms with Crippen molar-refractivity contribution in [2.24, 2.45) is 0 Å². The fourth-order valence-electron chi connectivity index (χ4n) is 4.95. The molecule has 0 saturated carbocycles. The van der Waals surface area contributed by atoms with Gasteiger partial charge in [-0.25, -0.2) is 0 Å². The number of hydrogen-bond acceptors (Lipinski definition) is 2. The molecule has 1 aliphatic rings. The van der Waals surface area contributed by atoms with Crippen LogP contribution in [-0.2, 0) is 0 Å². The van der Waals surface area contributed by atoms with Crippen LogP contribution in [0, 0.1) is 0 Å². The Balaban J connectivity index is 1.51. The highest BCUT2D eigenvalue weighted by molar-refractivity contribution is 7.77. The maximum Gasteiger partial charge on any atom is 0.0984 e. The summed E-state index contributed by atoms with van der Waals surface area (Å²) >= 11 is 0. The van der Waals surface area contributed by atoms with E-state index in [4.69, 9.17) is 0 Å². The van der Waals surface area contributed by atoms with Crippen LogP contribution in [0.5, 0.6) is 0 Å². The van der Waals surface area contributed by atoms with Crippen LogP contribution in [0.15, 0.2) is 144 Å². The van der Waals surface area contributed by atoms with Crippen molar-refractivity contribution in [2.45, 2.75) is 31.5 Å². The Labute approximate surface area is 215 Å². The van der Waals surface area contributed by atoms with Crippen molar-refractivity contribution in [1.82, 2.24) is 5.32 Å². The molecule has 3 atom stereocenters. The Hall–Kier alpha value is -3.29. The van der Waals surface area contributed by atoms with E-state index < -0.39 is 14.0 Å². The van der Waals surface area contributed by atoms with E-state index in [1.165, 1.54) is 21.5 Å². The molecule has 36 heavy (non-hydrogen) atoms. The van der Waals surface area contributed by atoms with Crippen molar-refractivity contribution in [3.63, 3.8) is 0 Å². The molecule has 0 aromatic heterocycles. The first-order valence-electron chi connectivity index (χ1n) is 12.6. The molecular formula is C33H32NOP. The predicted octanol–water partition coefficient (Wildman–Crippen LogP) is 6.79. The average Bonchev–Trinajstić information content (AvgIpc) is 3.43. The van der Waals surface area contributed by atoms with Gasteiger partial charge >= 0.3 is 0 Å². The molecule has 2 N–H and O–H groups in total. The number of hydrogen-bond donors (Lipinski definition) is 2. The Bertz CT molecular complexity index is 1260. The third-order valence-electron chi connectivity index (χ3n) is 6.78. The normalized spacial score (nSPS) is 15.8. The van der Waals surface area contributed by atoms with Crippen LogP contribution >= 0.6 is 7.92 Å². The molecule has 5 rings (SSSR count). The highest BCUT2D eigenvalue weighted by Gasteiger charge is 2.29. The minimum absolute atomic E-state index is 0.0935. The maximum absolute atomic E-state index is 11.5. The van der Waals surface area contributed by atoms with Gasteiger partial charge in [0.25, 0.3) is 0 Å². The zero-order chi connectivity index (χ0) is 24.7. The molecule has 0 aliphatic heterocycles. The summed E-state index contributed by atoms with van der Waals surface area (Å²) in [6.45, 7) is 2.24. The zero-order valence-electron chi connectivity index (χ0n) is 20.5. The van der Waals surface area contributed by atoms with Gasteiger partial charge in [-0.1, -0.05) is 133 Å². The monoisotopic (exact) mass is 489 g/mol. The van der Waals surface area contributed by atoms with Crippen LogP contribution in [0.3, 0.4) is 0 Å². The van der Waals surface area contributed by atoms with E-state index in [2.05, 4.69) is 97.2 Å². The van der Waals surface area contributed by atoms with Gasteiger partial charge < -0.3 is 10.4 Å². The summed E-state index contributed by atoms with van der Waals surface area (Å²) in [5, 5.41) is 19.4. The summed E-state index contributed by atoms with van der Waals surface area (Å²) < 4.78 is 0. The molecule has 3 heteroatoms. The SMILES string of the molecule is C[C@@H](N[C@@H](c1ccccc1)[C@@H](O)c1ccccc1)C1=C(P(c2ccccc2)c2ccccc2)C=CC1. The quantitative estimate of drug-likeness (QED) is 0.254. The summed E-state index contributed by atoms with van der Waals surface area (Å²) in [6.07, 6.45) is 4.88. The molecular weight excluding hydrogens is 457 g/mol. The second kappa shape index (κ2) is 11.6. The van der Waals surface area contributed by atoms with Crippen molar-refractivity contribution in [2.75, 3.05) is 0 Å². The topological polar surface area (TPSA) is 32.3 Å². The van der Waals surface area contributed by atoms with E-state index in [0.29, 0.717) is 0 Å².